The van der Waals surface area contributed by atoms with E-state index in [4.69, 9.17) is 14.2 Å². The lowest BCUT2D eigenvalue weighted by Gasteiger charge is -2.08. The van der Waals surface area contributed by atoms with Gasteiger partial charge in [-0.1, -0.05) is 6.07 Å². The first-order chi connectivity index (χ1) is 12.6. The zero-order valence-electron chi connectivity index (χ0n) is 14.4. The van der Waals surface area contributed by atoms with Crippen LogP contribution in [-0.4, -0.2) is 38.7 Å². The van der Waals surface area contributed by atoms with Crippen molar-refractivity contribution in [2.24, 2.45) is 0 Å². The van der Waals surface area contributed by atoms with Crippen molar-refractivity contribution in [2.75, 3.05) is 26.9 Å². The minimum atomic E-state index is -0.539. The summed E-state index contributed by atoms with van der Waals surface area (Å²) < 4.78 is 28.2. The maximum atomic E-state index is 12.7. The Balaban J connectivity index is 1.61. The molecule has 1 N–H and O–H groups in total. The summed E-state index contributed by atoms with van der Waals surface area (Å²) in [6, 6.07) is 12.3. The molecule has 0 fully saturated rings. The first-order valence-electron chi connectivity index (χ1n) is 8.05. The van der Waals surface area contributed by atoms with E-state index in [1.54, 1.807) is 24.3 Å². The van der Waals surface area contributed by atoms with Gasteiger partial charge in [-0.05, 0) is 42.5 Å². The number of hydrogen-bond donors (Lipinski definition) is 1. The van der Waals surface area contributed by atoms with Crippen molar-refractivity contribution in [3.63, 3.8) is 0 Å². The zero-order chi connectivity index (χ0) is 18.8. The molecule has 0 aliphatic carbocycles. The van der Waals surface area contributed by atoms with E-state index in [1.807, 2.05) is 0 Å². The fraction of sp³-hybridized carbons (Fsp3) is 0.263. The van der Waals surface area contributed by atoms with E-state index in [-0.39, 0.29) is 24.9 Å². The quantitative estimate of drug-likeness (QED) is 0.549. The Bertz CT molecular complexity index is 733. The standard InChI is InChI=1S/C19H20FNO5/c1-24-17-5-2-4-14(12-17)19(23)21-13-18(22)26-11-3-10-25-16-8-6-15(20)7-9-16/h2,4-9,12H,3,10-11,13H2,1H3,(H,21,23). The molecule has 2 rings (SSSR count). The SMILES string of the molecule is COc1cccc(C(=O)NCC(=O)OCCCOc2ccc(F)cc2)c1. The normalized spacial score (nSPS) is 10.1. The van der Waals surface area contributed by atoms with E-state index in [0.717, 1.165) is 0 Å². The first-order valence-corrected chi connectivity index (χ1v) is 8.05. The fourth-order valence-corrected chi connectivity index (χ4v) is 2.04. The van der Waals surface area contributed by atoms with Crippen LogP contribution in [0.25, 0.3) is 0 Å². The van der Waals surface area contributed by atoms with E-state index in [1.165, 1.54) is 31.4 Å². The maximum Gasteiger partial charge on any atom is 0.325 e. The Labute approximate surface area is 150 Å². The number of nitrogens with one attached hydrogen (secondary N) is 1. The Morgan fingerprint density at radius 2 is 1.81 bits per heavy atom. The van der Waals surface area contributed by atoms with Crippen LogP contribution in [0.5, 0.6) is 11.5 Å². The second-order valence-electron chi connectivity index (χ2n) is 5.29. The molecule has 0 bridgehead atoms. The van der Waals surface area contributed by atoms with Gasteiger partial charge in [0.05, 0.1) is 20.3 Å². The predicted octanol–water partition coefficient (Wildman–Crippen LogP) is 2.58. The van der Waals surface area contributed by atoms with Gasteiger partial charge in [-0.3, -0.25) is 9.59 Å². The predicted molar refractivity (Wildman–Crippen MR) is 92.8 cm³/mol. The number of hydrogen-bond acceptors (Lipinski definition) is 5. The van der Waals surface area contributed by atoms with Gasteiger partial charge >= 0.3 is 5.97 Å². The zero-order valence-corrected chi connectivity index (χ0v) is 14.4. The molecule has 1 amide bonds. The van der Waals surface area contributed by atoms with Gasteiger partial charge in [-0.2, -0.15) is 0 Å². The fourth-order valence-electron chi connectivity index (χ4n) is 2.04. The van der Waals surface area contributed by atoms with Crippen LogP contribution in [0.2, 0.25) is 0 Å². The molecule has 2 aromatic rings. The van der Waals surface area contributed by atoms with Crippen molar-refractivity contribution in [1.82, 2.24) is 5.32 Å². The monoisotopic (exact) mass is 361 g/mol. The molecule has 138 valence electrons. The molecule has 7 heteroatoms. The second-order valence-corrected chi connectivity index (χ2v) is 5.29. The van der Waals surface area contributed by atoms with Gasteiger partial charge in [0, 0.05) is 12.0 Å². The molecule has 0 heterocycles. The molecule has 0 radical (unpaired) electrons. The number of rotatable bonds is 9. The highest BCUT2D eigenvalue weighted by atomic mass is 19.1. The van der Waals surface area contributed by atoms with E-state index in [2.05, 4.69) is 5.32 Å². The Hall–Kier alpha value is -3.09. The van der Waals surface area contributed by atoms with Gasteiger partial charge in [-0.15, -0.1) is 0 Å². The molecule has 0 atom stereocenters. The van der Waals surface area contributed by atoms with Crippen molar-refractivity contribution >= 4 is 11.9 Å². The Kier molecular flexibility index (Phi) is 7.42. The smallest absolute Gasteiger partial charge is 0.325 e. The van der Waals surface area contributed by atoms with E-state index in [9.17, 15) is 14.0 Å². The summed E-state index contributed by atoms with van der Waals surface area (Å²) in [6.07, 6.45) is 0.479. The Morgan fingerprint density at radius 3 is 2.54 bits per heavy atom. The number of amides is 1. The second kappa shape index (κ2) is 10.0. The molecule has 0 saturated heterocycles. The lowest BCUT2D eigenvalue weighted by atomic mass is 10.2. The topological polar surface area (TPSA) is 73.9 Å². The third kappa shape index (κ3) is 6.43. The van der Waals surface area contributed by atoms with Crippen LogP contribution >= 0.6 is 0 Å². The summed E-state index contributed by atoms with van der Waals surface area (Å²) in [6.45, 7) is 0.263. The number of methoxy groups -OCH3 is 1. The molecular formula is C19H20FNO5. The van der Waals surface area contributed by atoms with Crippen LogP contribution in [0.1, 0.15) is 16.8 Å². The third-order valence-electron chi connectivity index (χ3n) is 3.36. The minimum Gasteiger partial charge on any atom is -0.497 e. The molecule has 0 spiro atoms. The highest BCUT2D eigenvalue weighted by Gasteiger charge is 2.09. The third-order valence-corrected chi connectivity index (χ3v) is 3.36. The Morgan fingerprint density at radius 1 is 1.04 bits per heavy atom. The summed E-state index contributed by atoms with van der Waals surface area (Å²) in [4.78, 5) is 23.6. The summed E-state index contributed by atoms with van der Waals surface area (Å²) in [5.74, 6) is -0.157. The average Bonchev–Trinajstić information content (AvgIpc) is 2.67. The van der Waals surface area contributed by atoms with Crippen molar-refractivity contribution < 1.29 is 28.2 Å². The van der Waals surface area contributed by atoms with Crippen LogP contribution < -0.4 is 14.8 Å². The summed E-state index contributed by atoms with van der Waals surface area (Å²) in [7, 11) is 1.51. The van der Waals surface area contributed by atoms with E-state index >= 15 is 0 Å². The highest BCUT2D eigenvalue weighted by molar-refractivity contribution is 5.96. The van der Waals surface area contributed by atoms with Crippen LogP contribution in [0, 0.1) is 5.82 Å². The maximum absolute atomic E-state index is 12.7. The van der Waals surface area contributed by atoms with Crippen LogP contribution in [-0.2, 0) is 9.53 Å². The number of benzene rings is 2. The first kappa shape index (κ1) is 19.2. The lowest BCUT2D eigenvalue weighted by molar-refractivity contribution is -0.142. The number of halogens is 1. The van der Waals surface area contributed by atoms with Crippen LogP contribution in [0.4, 0.5) is 4.39 Å². The number of ether oxygens (including phenoxy) is 3. The van der Waals surface area contributed by atoms with Gasteiger partial charge in [0.15, 0.2) is 0 Å². The van der Waals surface area contributed by atoms with Gasteiger partial charge < -0.3 is 19.5 Å². The van der Waals surface area contributed by atoms with Crippen molar-refractivity contribution in [2.45, 2.75) is 6.42 Å². The molecule has 0 unspecified atom stereocenters. The van der Waals surface area contributed by atoms with Crippen molar-refractivity contribution in [3.8, 4) is 11.5 Å². The van der Waals surface area contributed by atoms with Gasteiger partial charge in [-0.25, -0.2) is 4.39 Å². The minimum absolute atomic E-state index is 0.162. The van der Waals surface area contributed by atoms with Crippen LogP contribution in [0.15, 0.2) is 48.5 Å². The molecule has 26 heavy (non-hydrogen) atoms. The molecule has 0 saturated carbocycles. The molecule has 0 aliphatic heterocycles. The number of esters is 1. The van der Waals surface area contributed by atoms with Crippen molar-refractivity contribution in [1.29, 1.82) is 0 Å². The van der Waals surface area contributed by atoms with E-state index < -0.39 is 5.97 Å². The van der Waals surface area contributed by atoms with Gasteiger partial charge in [0.25, 0.3) is 5.91 Å². The molecule has 0 aromatic heterocycles. The summed E-state index contributed by atoms with van der Waals surface area (Å²) in [5, 5.41) is 2.49. The lowest BCUT2D eigenvalue weighted by Crippen LogP contribution is -2.30. The molecule has 6 nitrogen and oxygen atoms in total. The molecular weight excluding hydrogens is 341 g/mol. The van der Waals surface area contributed by atoms with Gasteiger partial charge in [0.1, 0.15) is 23.9 Å². The number of carbonyl (C=O) groups excluding carboxylic acids is 2. The van der Waals surface area contributed by atoms with E-state index in [0.29, 0.717) is 30.1 Å². The van der Waals surface area contributed by atoms with Gasteiger partial charge in [0.2, 0.25) is 0 Å². The summed E-state index contributed by atoms with van der Waals surface area (Å²) >= 11 is 0. The largest absolute Gasteiger partial charge is 0.497 e. The van der Waals surface area contributed by atoms with Crippen LogP contribution in [0.3, 0.4) is 0 Å². The molecule has 0 aliphatic rings. The number of carbonyl (C=O) groups is 2. The summed E-state index contributed by atoms with van der Waals surface area (Å²) in [5.41, 5.74) is 0.393. The van der Waals surface area contributed by atoms with Crippen molar-refractivity contribution in [3.05, 3.63) is 59.9 Å². The average molecular weight is 361 g/mol. The highest BCUT2D eigenvalue weighted by Crippen LogP contribution is 2.12. The molecule has 2 aromatic carbocycles.